The molecule has 0 N–H and O–H groups in total. The number of amides is 1. The Bertz CT molecular complexity index is 682. The number of carbonyl (C=O) groups excluding carboxylic acids is 1. The first-order valence-electron chi connectivity index (χ1n) is 8.94. The molecule has 0 radical (unpaired) electrons. The zero-order valence-corrected chi connectivity index (χ0v) is 14.6. The number of fused-ring (bicyclic) bond motifs is 1. The van der Waals surface area contributed by atoms with Crippen LogP contribution in [0.1, 0.15) is 44.4 Å². The van der Waals surface area contributed by atoms with Crippen molar-refractivity contribution in [2.24, 2.45) is 11.8 Å². The number of rotatable bonds is 4. The first-order valence-corrected chi connectivity index (χ1v) is 9.82. The molecular formula is C18H23N3O2S. The van der Waals surface area contributed by atoms with E-state index in [2.05, 4.69) is 15.0 Å². The highest BCUT2D eigenvalue weighted by Gasteiger charge is 2.32. The number of aromatic nitrogens is 2. The second-order valence-corrected chi connectivity index (χ2v) is 7.87. The Morgan fingerprint density at radius 1 is 1.29 bits per heavy atom. The standard InChI is InChI=1S/C18H23N3O2S/c22-17(21-10-9-13-4-1-2-5-14(13)12-21)8-7-16-19-18(20-23-16)15-6-3-11-24-15/h3,6,11,13-14H,1-2,4-5,7-10,12H2. The van der Waals surface area contributed by atoms with E-state index in [0.29, 0.717) is 24.6 Å². The second-order valence-electron chi connectivity index (χ2n) is 6.92. The summed E-state index contributed by atoms with van der Waals surface area (Å²) < 4.78 is 5.29. The summed E-state index contributed by atoms with van der Waals surface area (Å²) in [6, 6.07) is 3.94. The van der Waals surface area contributed by atoms with Gasteiger partial charge in [-0.3, -0.25) is 4.79 Å². The molecule has 2 atom stereocenters. The molecule has 2 unspecified atom stereocenters. The van der Waals surface area contributed by atoms with Gasteiger partial charge >= 0.3 is 0 Å². The van der Waals surface area contributed by atoms with E-state index in [0.717, 1.165) is 29.8 Å². The van der Waals surface area contributed by atoms with E-state index in [1.807, 2.05) is 17.5 Å². The van der Waals surface area contributed by atoms with E-state index >= 15 is 0 Å². The molecule has 2 aromatic heterocycles. The minimum atomic E-state index is 0.231. The molecule has 2 fully saturated rings. The fourth-order valence-electron chi connectivity index (χ4n) is 4.06. The summed E-state index contributed by atoms with van der Waals surface area (Å²) in [5, 5.41) is 5.99. The summed E-state index contributed by atoms with van der Waals surface area (Å²) in [7, 11) is 0. The molecule has 1 saturated heterocycles. The van der Waals surface area contributed by atoms with Crippen LogP contribution in [-0.2, 0) is 11.2 Å². The van der Waals surface area contributed by atoms with Crippen LogP contribution in [0.2, 0.25) is 0 Å². The zero-order valence-electron chi connectivity index (χ0n) is 13.8. The lowest BCUT2D eigenvalue weighted by atomic mass is 9.75. The number of thiophene rings is 1. The Morgan fingerprint density at radius 3 is 3.00 bits per heavy atom. The highest BCUT2D eigenvalue weighted by molar-refractivity contribution is 7.13. The maximum Gasteiger partial charge on any atom is 0.227 e. The Labute approximate surface area is 146 Å². The number of piperidine rings is 1. The molecular weight excluding hydrogens is 322 g/mol. The first kappa shape index (κ1) is 15.8. The van der Waals surface area contributed by atoms with E-state index in [1.165, 1.54) is 32.1 Å². The zero-order chi connectivity index (χ0) is 16.4. The van der Waals surface area contributed by atoms with Crippen LogP contribution in [0.25, 0.3) is 10.7 Å². The Hall–Kier alpha value is -1.69. The monoisotopic (exact) mass is 345 g/mol. The molecule has 2 aromatic rings. The summed E-state index contributed by atoms with van der Waals surface area (Å²) >= 11 is 1.59. The average Bonchev–Trinajstić information content (AvgIpc) is 3.30. The van der Waals surface area contributed by atoms with E-state index in [-0.39, 0.29) is 5.91 Å². The van der Waals surface area contributed by atoms with Gasteiger partial charge in [0.25, 0.3) is 0 Å². The molecule has 1 aliphatic heterocycles. The highest BCUT2D eigenvalue weighted by atomic mass is 32.1. The Kier molecular flexibility index (Phi) is 4.65. The first-order chi connectivity index (χ1) is 11.8. The molecule has 6 heteroatoms. The van der Waals surface area contributed by atoms with Gasteiger partial charge in [0, 0.05) is 25.9 Å². The summed E-state index contributed by atoms with van der Waals surface area (Å²) in [5.74, 6) is 2.99. The van der Waals surface area contributed by atoms with Crippen LogP contribution in [0.5, 0.6) is 0 Å². The maximum absolute atomic E-state index is 12.5. The van der Waals surface area contributed by atoms with Crippen molar-refractivity contribution in [3.63, 3.8) is 0 Å². The van der Waals surface area contributed by atoms with Crippen molar-refractivity contribution in [1.82, 2.24) is 15.0 Å². The van der Waals surface area contributed by atoms with Crippen LogP contribution >= 0.6 is 11.3 Å². The highest BCUT2D eigenvalue weighted by Crippen LogP contribution is 2.36. The van der Waals surface area contributed by atoms with Crippen LogP contribution in [0.3, 0.4) is 0 Å². The van der Waals surface area contributed by atoms with Gasteiger partial charge in [-0.25, -0.2) is 0 Å². The molecule has 4 rings (SSSR count). The van der Waals surface area contributed by atoms with Crippen molar-refractivity contribution in [3.8, 4) is 10.7 Å². The molecule has 0 aromatic carbocycles. The van der Waals surface area contributed by atoms with Crippen molar-refractivity contribution in [2.45, 2.75) is 44.9 Å². The minimum absolute atomic E-state index is 0.231. The van der Waals surface area contributed by atoms with Gasteiger partial charge in [0.2, 0.25) is 17.6 Å². The molecule has 2 aliphatic rings. The predicted octanol–water partition coefficient (Wildman–Crippen LogP) is 3.77. The quantitative estimate of drug-likeness (QED) is 0.846. The van der Waals surface area contributed by atoms with E-state index < -0.39 is 0 Å². The third-order valence-corrected chi connectivity index (χ3v) is 6.27. The van der Waals surface area contributed by atoms with Crippen LogP contribution < -0.4 is 0 Å². The Morgan fingerprint density at radius 2 is 2.17 bits per heavy atom. The van der Waals surface area contributed by atoms with Crippen LogP contribution in [0, 0.1) is 11.8 Å². The number of hydrogen-bond donors (Lipinski definition) is 0. The molecule has 24 heavy (non-hydrogen) atoms. The topological polar surface area (TPSA) is 59.2 Å². The molecule has 1 amide bonds. The van der Waals surface area contributed by atoms with Crippen LogP contribution in [-0.4, -0.2) is 34.0 Å². The SMILES string of the molecule is O=C(CCc1nc(-c2cccs2)no1)N1CCC2CCCCC2C1. The van der Waals surface area contributed by atoms with Gasteiger partial charge in [-0.05, 0) is 36.1 Å². The lowest BCUT2D eigenvalue weighted by Crippen LogP contribution is -2.44. The van der Waals surface area contributed by atoms with Crippen LogP contribution in [0.4, 0.5) is 0 Å². The van der Waals surface area contributed by atoms with Crippen molar-refractivity contribution in [3.05, 3.63) is 23.4 Å². The van der Waals surface area contributed by atoms with Crippen molar-refractivity contribution in [1.29, 1.82) is 0 Å². The molecule has 0 spiro atoms. The molecule has 1 saturated carbocycles. The van der Waals surface area contributed by atoms with Crippen molar-refractivity contribution < 1.29 is 9.32 Å². The fraction of sp³-hybridized carbons (Fsp3) is 0.611. The maximum atomic E-state index is 12.5. The Balaban J connectivity index is 1.30. The molecule has 3 heterocycles. The van der Waals surface area contributed by atoms with Crippen LogP contribution in [0.15, 0.2) is 22.0 Å². The third-order valence-electron chi connectivity index (χ3n) is 5.41. The molecule has 0 bridgehead atoms. The number of aryl methyl sites for hydroxylation is 1. The summed E-state index contributed by atoms with van der Waals surface area (Å²) in [5.41, 5.74) is 0. The number of hydrogen-bond acceptors (Lipinski definition) is 5. The van der Waals surface area contributed by atoms with E-state index in [4.69, 9.17) is 4.52 Å². The number of nitrogens with zero attached hydrogens (tertiary/aromatic N) is 3. The minimum Gasteiger partial charge on any atom is -0.342 e. The molecule has 128 valence electrons. The summed E-state index contributed by atoms with van der Waals surface area (Å²) in [4.78, 5) is 20.0. The summed E-state index contributed by atoms with van der Waals surface area (Å²) in [6.07, 6.45) is 7.53. The molecule has 5 nitrogen and oxygen atoms in total. The third kappa shape index (κ3) is 3.38. The second kappa shape index (κ2) is 7.05. The van der Waals surface area contributed by atoms with Gasteiger partial charge in [0.15, 0.2) is 0 Å². The molecule has 1 aliphatic carbocycles. The normalized spacial score (nSPS) is 23.9. The van der Waals surface area contributed by atoms with Gasteiger partial charge in [-0.2, -0.15) is 4.98 Å². The number of likely N-dealkylation sites (tertiary alicyclic amines) is 1. The van der Waals surface area contributed by atoms with Crippen molar-refractivity contribution >= 4 is 17.2 Å². The van der Waals surface area contributed by atoms with Gasteiger partial charge in [-0.15, -0.1) is 11.3 Å². The summed E-state index contributed by atoms with van der Waals surface area (Å²) in [6.45, 7) is 1.87. The van der Waals surface area contributed by atoms with E-state index in [9.17, 15) is 4.79 Å². The van der Waals surface area contributed by atoms with Gasteiger partial charge in [-0.1, -0.05) is 30.5 Å². The predicted molar refractivity (Wildman–Crippen MR) is 92.6 cm³/mol. The van der Waals surface area contributed by atoms with Gasteiger partial charge < -0.3 is 9.42 Å². The average molecular weight is 345 g/mol. The van der Waals surface area contributed by atoms with E-state index in [1.54, 1.807) is 11.3 Å². The van der Waals surface area contributed by atoms with Gasteiger partial charge in [0.05, 0.1) is 4.88 Å². The lowest BCUT2D eigenvalue weighted by molar-refractivity contribution is -0.134. The number of carbonyl (C=O) groups is 1. The fourth-order valence-corrected chi connectivity index (χ4v) is 4.71. The lowest BCUT2D eigenvalue weighted by Gasteiger charge is -2.41. The van der Waals surface area contributed by atoms with Gasteiger partial charge in [0.1, 0.15) is 0 Å². The smallest absolute Gasteiger partial charge is 0.227 e. The largest absolute Gasteiger partial charge is 0.342 e. The van der Waals surface area contributed by atoms with Crippen molar-refractivity contribution in [2.75, 3.05) is 13.1 Å².